The summed E-state index contributed by atoms with van der Waals surface area (Å²) in [6.45, 7) is 7.60. The lowest BCUT2D eigenvalue weighted by molar-refractivity contribution is 0.440. The largest absolute Gasteiger partial charge is 0.222 e. The van der Waals surface area contributed by atoms with Gasteiger partial charge in [0.25, 0.3) is 0 Å². The molecule has 0 radical (unpaired) electrons. The van der Waals surface area contributed by atoms with Crippen LogP contribution in [-0.2, 0) is 19.7 Å². The van der Waals surface area contributed by atoms with E-state index in [4.69, 9.17) is 0 Å². The molecule has 0 amide bonds. The van der Waals surface area contributed by atoms with E-state index in [9.17, 15) is 16.8 Å². The molecule has 26 heavy (non-hydrogen) atoms. The Morgan fingerprint density at radius 2 is 1.19 bits per heavy atom. The van der Waals surface area contributed by atoms with E-state index in [0.29, 0.717) is 0 Å². The van der Waals surface area contributed by atoms with Gasteiger partial charge in [0.15, 0.2) is 24.3 Å². The summed E-state index contributed by atoms with van der Waals surface area (Å²) in [5, 5.41) is 0. The molecule has 0 aliphatic carbocycles. The maximum atomic E-state index is 13.2. The van der Waals surface area contributed by atoms with Gasteiger partial charge in [-0.25, -0.2) is 16.8 Å². The highest BCUT2D eigenvalue weighted by molar-refractivity contribution is 8.09. The lowest BCUT2D eigenvalue weighted by atomic mass is 9.93. The Labute approximate surface area is 156 Å². The molecule has 0 fully saturated rings. The lowest BCUT2D eigenvalue weighted by Gasteiger charge is -2.24. The zero-order valence-electron chi connectivity index (χ0n) is 14.9. The first-order valence-electron chi connectivity index (χ1n) is 8.41. The lowest BCUT2D eigenvalue weighted by Crippen LogP contribution is -2.33. The molecule has 0 bridgehead atoms. The molecule has 140 valence electrons. The second-order valence-electron chi connectivity index (χ2n) is 6.52. The third-order valence-corrected chi connectivity index (χ3v) is 9.61. The number of hydrogen-bond donors (Lipinski definition) is 0. The summed E-state index contributed by atoms with van der Waals surface area (Å²) in [5.74, 6) is -0.163. The second-order valence-corrected chi connectivity index (χ2v) is 11.1. The van der Waals surface area contributed by atoms with E-state index in [1.807, 2.05) is 13.8 Å². The van der Waals surface area contributed by atoms with Crippen molar-refractivity contribution in [2.75, 3.05) is 0 Å². The Hall–Kier alpha value is -1.92. The third-order valence-electron chi connectivity index (χ3n) is 4.46. The van der Waals surface area contributed by atoms with Crippen molar-refractivity contribution in [3.8, 4) is 0 Å². The zero-order chi connectivity index (χ0) is 19.4. The van der Waals surface area contributed by atoms with Crippen LogP contribution in [-0.4, -0.2) is 21.4 Å². The van der Waals surface area contributed by atoms with Crippen LogP contribution in [0.1, 0.15) is 20.3 Å². The minimum atomic E-state index is -4.08. The SMILES string of the molecule is C=C[C@@H](CC(S(=O)(=O)c1ccccc1)S(=O)(=O)c1ccccc1)C(C)C. The smallest absolute Gasteiger partial charge is 0.195 e. The van der Waals surface area contributed by atoms with Crippen molar-refractivity contribution in [3.63, 3.8) is 0 Å². The van der Waals surface area contributed by atoms with Crippen LogP contribution in [0.2, 0.25) is 0 Å². The van der Waals surface area contributed by atoms with Gasteiger partial charge in [0.05, 0.1) is 9.79 Å². The summed E-state index contributed by atoms with van der Waals surface area (Å²) in [6, 6.07) is 15.5. The fraction of sp³-hybridized carbons (Fsp3) is 0.300. The predicted octanol–water partition coefficient (Wildman–Crippen LogP) is 4.11. The molecule has 0 saturated heterocycles. The molecule has 0 heterocycles. The van der Waals surface area contributed by atoms with Crippen LogP contribution in [0.3, 0.4) is 0 Å². The number of allylic oxidation sites excluding steroid dienone is 1. The molecule has 1 atom stereocenters. The summed E-state index contributed by atoms with van der Waals surface area (Å²) in [4.78, 5) is 0.0205. The van der Waals surface area contributed by atoms with Crippen LogP contribution in [0, 0.1) is 11.8 Å². The molecule has 2 rings (SSSR count). The van der Waals surface area contributed by atoms with Crippen LogP contribution in [0.25, 0.3) is 0 Å². The van der Waals surface area contributed by atoms with Gasteiger partial charge in [0, 0.05) is 0 Å². The van der Waals surface area contributed by atoms with Crippen molar-refractivity contribution >= 4 is 19.7 Å². The first-order chi connectivity index (χ1) is 12.2. The number of hydrogen-bond acceptors (Lipinski definition) is 4. The van der Waals surface area contributed by atoms with Crippen LogP contribution < -0.4 is 0 Å². The van der Waals surface area contributed by atoms with Gasteiger partial charge in [0.2, 0.25) is 0 Å². The normalized spacial score (nSPS) is 13.7. The molecule has 4 nitrogen and oxygen atoms in total. The molecular weight excluding hydrogens is 368 g/mol. The Morgan fingerprint density at radius 1 is 0.808 bits per heavy atom. The van der Waals surface area contributed by atoms with Crippen molar-refractivity contribution < 1.29 is 16.8 Å². The summed E-state index contributed by atoms with van der Waals surface area (Å²) in [5.41, 5.74) is 0. The summed E-state index contributed by atoms with van der Waals surface area (Å²) in [7, 11) is -8.16. The molecule has 2 aromatic rings. The molecule has 0 saturated carbocycles. The number of benzene rings is 2. The quantitative estimate of drug-likeness (QED) is 0.634. The topological polar surface area (TPSA) is 68.3 Å². The summed E-state index contributed by atoms with van der Waals surface area (Å²) >= 11 is 0. The molecule has 0 aliphatic rings. The first kappa shape index (κ1) is 20.4. The highest BCUT2D eigenvalue weighted by Crippen LogP contribution is 2.32. The number of sulfone groups is 2. The van der Waals surface area contributed by atoms with Gasteiger partial charge in [-0.3, -0.25) is 0 Å². The highest BCUT2D eigenvalue weighted by Gasteiger charge is 2.41. The average Bonchev–Trinajstić information content (AvgIpc) is 2.63. The van der Waals surface area contributed by atoms with Crippen molar-refractivity contribution in [2.45, 2.75) is 34.6 Å². The first-order valence-corrected chi connectivity index (χ1v) is 11.5. The van der Waals surface area contributed by atoms with E-state index in [1.54, 1.807) is 42.5 Å². The maximum Gasteiger partial charge on any atom is 0.195 e. The average molecular weight is 393 g/mol. The van der Waals surface area contributed by atoms with E-state index < -0.39 is 24.3 Å². The van der Waals surface area contributed by atoms with E-state index in [2.05, 4.69) is 6.58 Å². The summed E-state index contributed by atoms with van der Waals surface area (Å²) < 4.78 is 51.3. The van der Waals surface area contributed by atoms with Crippen LogP contribution >= 0.6 is 0 Å². The van der Waals surface area contributed by atoms with Crippen LogP contribution in [0.5, 0.6) is 0 Å². The molecule has 0 N–H and O–H groups in total. The molecular formula is C20H24O4S2. The Bertz CT molecular complexity index is 862. The van der Waals surface area contributed by atoms with Gasteiger partial charge in [-0.2, -0.15) is 0 Å². The standard InChI is InChI=1S/C20H24O4S2/c1-4-17(16(2)3)15-20(25(21,22)18-11-7-5-8-12-18)26(23,24)19-13-9-6-10-14-19/h4-14,16-17,20H,1,15H2,2-3H3/t17-/m0/s1. The Kier molecular flexibility index (Phi) is 6.42. The van der Waals surface area contributed by atoms with Gasteiger partial charge in [-0.1, -0.05) is 56.3 Å². The van der Waals surface area contributed by atoms with E-state index >= 15 is 0 Å². The fourth-order valence-electron chi connectivity index (χ4n) is 2.81. The van der Waals surface area contributed by atoms with E-state index in [0.717, 1.165) is 0 Å². The predicted molar refractivity (Wildman–Crippen MR) is 104 cm³/mol. The van der Waals surface area contributed by atoms with Crippen molar-refractivity contribution in [1.82, 2.24) is 0 Å². The molecule has 0 unspecified atom stereocenters. The highest BCUT2D eigenvalue weighted by atomic mass is 32.3. The van der Waals surface area contributed by atoms with Gasteiger partial charge in [0.1, 0.15) is 0 Å². The molecule has 0 aliphatic heterocycles. The van der Waals surface area contributed by atoms with Gasteiger partial charge in [-0.15, -0.1) is 6.58 Å². The van der Waals surface area contributed by atoms with Gasteiger partial charge >= 0.3 is 0 Å². The van der Waals surface area contributed by atoms with Gasteiger partial charge < -0.3 is 0 Å². The molecule has 2 aromatic carbocycles. The zero-order valence-corrected chi connectivity index (χ0v) is 16.6. The molecule has 6 heteroatoms. The van der Waals surface area contributed by atoms with Crippen molar-refractivity contribution in [1.29, 1.82) is 0 Å². The molecule has 0 spiro atoms. The number of rotatable bonds is 8. The Balaban J connectivity index is 2.62. The monoisotopic (exact) mass is 392 g/mol. The van der Waals surface area contributed by atoms with Crippen molar-refractivity contribution in [2.24, 2.45) is 11.8 Å². The fourth-order valence-corrected chi connectivity index (χ4v) is 7.44. The molecule has 0 aromatic heterocycles. The van der Waals surface area contributed by atoms with Crippen LogP contribution in [0.15, 0.2) is 83.1 Å². The van der Waals surface area contributed by atoms with E-state index in [-0.39, 0.29) is 28.0 Å². The second kappa shape index (κ2) is 8.18. The summed E-state index contributed by atoms with van der Waals surface area (Å²) in [6.07, 6.45) is 1.61. The van der Waals surface area contributed by atoms with Gasteiger partial charge in [-0.05, 0) is 42.5 Å². The van der Waals surface area contributed by atoms with Crippen molar-refractivity contribution in [3.05, 3.63) is 73.3 Å². The Morgan fingerprint density at radius 3 is 1.50 bits per heavy atom. The van der Waals surface area contributed by atoms with Crippen LogP contribution in [0.4, 0.5) is 0 Å². The maximum absolute atomic E-state index is 13.2. The minimum Gasteiger partial charge on any atom is -0.222 e. The third kappa shape index (κ3) is 4.24. The minimum absolute atomic E-state index is 0.0103. The van der Waals surface area contributed by atoms with E-state index in [1.165, 1.54) is 24.3 Å².